The maximum atomic E-state index is 11.6. The Hall–Kier alpha value is -1.52. The third-order valence-corrected chi connectivity index (χ3v) is 3.41. The first-order valence-corrected chi connectivity index (χ1v) is 6.86. The zero-order chi connectivity index (χ0) is 14.9. The summed E-state index contributed by atoms with van der Waals surface area (Å²) in [6.07, 6.45) is -0.858. The van der Waals surface area contributed by atoms with Gasteiger partial charge in [-0.05, 0) is 51.0 Å². The highest BCUT2D eigenvalue weighted by molar-refractivity contribution is 6.42. The second-order valence-electron chi connectivity index (χ2n) is 5.07. The van der Waals surface area contributed by atoms with E-state index in [9.17, 15) is 4.79 Å². The summed E-state index contributed by atoms with van der Waals surface area (Å²) < 4.78 is 10.6. The normalized spacial score (nSPS) is 18.7. The van der Waals surface area contributed by atoms with Gasteiger partial charge in [-0.15, -0.1) is 0 Å². The van der Waals surface area contributed by atoms with Crippen LogP contribution in [0.4, 0.5) is 5.69 Å². The van der Waals surface area contributed by atoms with Crippen LogP contribution in [0.25, 0.3) is 0 Å². The molecule has 0 aromatic heterocycles. The standard InChI is InChI=1S/C15H18ClNO3/c1-8(2)19-15-13(12(16)14(18)20-15)17-11-6-5-9(3)10(4)7-11/h5-8,15,17H,1-4H3/t15-/m0/s1. The average molecular weight is 296 g/mol. The minimum absolute atomic E-state index is 0.0360. The molecule has 2 rings (SSSR count). The molecule has 5 heteroatoms. The van der Waals surface area contributed by atoms with Gasteiger partial charge in [0.2, 0.25) is 6.29 Å². The molecule has 1 N–H and O–H groups in total. The summed E-state index contributed by atoms with van der Waals surface area (Å²) >= 11 is 5.99. The quantitative estimate of drug-likeness (QED) is 0.864. The van der Waals surface area contributed by atoms with E-state index in [1.165, 1.54) is 5.56 Å². The van der Waals surface area contributed by atoms with Crippen molar-refractivity contribution in [2.24, 2.45) is 0 Å². The number of rotatable bonds is 4. The third kappa shape index (κ3) is 3.14. The minimum Gasteiger partial charge on any atom is -0.425 e. The van der Waals surface area contributed by atoms with Crippen LogP contribution >= 0.6 is 11.6 Å². The van der Waals surface area contributed by atoms with Crippen LogP contribution in [0.5, 0.6) is 0 Å². The molecule has 108 valence electrons. The van der Waals surface area contributed by atoms with E-state index in [0.29, 0.717) is 5.70 Å². The number of halogens is 1. The first-order valence-electron chi connectivity index (χ1n) is 6.49. The van der Waals surface area contributed by atoms with Crippen LogP contribution in [-0.2, 0) is 14.3 Å². The van der Waals surface area contributed by atoms with Crippen molar-refractivity contribution >= 4 is 23.3 Å². The summed E-state index contributed by atoms with van der Waals surface area (Å²) in [5.74, 6) is -0.566. The second-order valence-corrected chi connectivity index (χ2v) is 5.45. The molecule has 4 nitrogen and oxygen atoms in total. The van der Waals surface area contributed by atoms with Crippen LogP contribution in [0.2, 0.25) is 0 Å². The van der Waals surface area contributed by atoms with E-state index in [4.69, 9.17) is 21.1 Å². The Morgan fingerprint density at radius 1 is 1.30 bits per heavy atom. The Morgan fingerprint density at radius 2 is 2.00 bits per heavy atom. The number of ether oxygens (including phenoxy) is 2. The molecule has 0 aliphatic carbocycles. The fraction of sp³-hybridized carbons (Fsp3) is 0.400. The van der Waals surface area contributed by atoms with Crippen LogP contribution in [-0.4, -0.2) is 18.4 Å². The maximum Gasteiger partial charge on any atom is 0.354 e. The van der Waals surface area contributed by atoms with Gasteiger partial charge >= 0.3 is 5.97 Å². The van der Waals surface area contributed by atoms with Gasteiger partial charge in [0.25, 0.3) is 0 Å². The van der Waals surface area contributed by atoms with Crippen LogP contribution in [0.3, 0.4) is 0 Å². The van der Waals surface area contributed by atoms with E-state index in [2.05, 4.69) is 5.32 Å². The maximum absolute atomic E-state index is 11.6. The summed E-state index contributed by atoms with van der Waals surface area (Å²) in [6, 6.07) is 5.92. The molecule has 20 heavy (non-hydrogen) atoms. The molecule has 1 aliphatic heterocycles. The highest BCUT2D eigenvalue weighted by atomic mass is 35.5. The predicted molar refractivity (Wildman–Crippen MR) is 78.5 cm³/mol. The monoisotopic (exact) mass is 295 g/mol. The van der Waals surface area contributed by atoms with E-state index in [1.54, 1.807) is 0 Å². The van der Waals surface area contributed by atoms with Crippen molar-refractivity contribution in [2.45, 2.75) is 40.1 Å². The van der Waals surface area contributed by atoms with Crippen molar-refractivity contribution in [1.82, 2.24) is 0 Å². The van der Waals surface area contributed by atoms with Crippen LogP contribution in [0, 0.1) is 13.8 Å². The van der Waals surface area contributed by atoms with Gasteiger partial charge in [-0.3, -0.25) is 0 Å². The molecule has 1 aliphatic rings. The highest BCUT2D eigenvalue weighted by Gasteiger charge is 2.34. The SMILES string of the molecule is Cc1ccc(NC2=C(Cl)C(=O)O[C@@H]2OC(C)C)cc1C. The molecule has 0 fully saturated rings. The first-order chi connectivity index (χ1) is 9.38. The van der Waals surface area contributed by atoms with Gasteiger partial charge in [0.1, 0.15) is 5.70 Å². The molecule has 1 atom stereocenters. The van der Waals surface area contributed by atoms with Gasteiger partial charge in [-0.1, -0.05) is 17.7 Å². The predicted octanol–water partition coefficient (Wildman–Crippen LogP) is 3.47. The second kappa shape index (κ2) is 5.85. The number of hydrogen-bond donors (Lipinski definition) is 1. The number of benzene rings is 1. The minimum atomic E-state index is -0.781. The molecular weight excluding hydrogens is 278 g/mol. The highest BCUT2D eigenvalue weighted by Crippen LogP contribution is 2.29. The van der Waals surface area contributed by atoms with Crippen molar-refractivity contribution in [3.05, 3.63) is 40.1 Å². The molecule has 0 saturated carbocycles. The molecule has 0 saturated heterocycles. The summed E-state index contributed by atoms with van der Waals surface area (Å²) in [6.45, 7) is 7.80. The number of anilines is 1. The fourth-order valence-electron chi connectivity index (χ4n) is 1.85. The Balaban J connectivity index is 2.24. The fourth-order valence-corrected chi connectivity index (χ4v) is 2.03. The van der Waals surface area contributed by atoms with Crippen LogP contribution in [0.15, 0.2) is 28.9 Å². The van der Waals surface area contributed by atoms with Crippen molar-refractivity contribution in [2.75, 3.05) is 5.32 Å². The largest absolute Gasteiger partial charge is 0.425 e. The number of hydrogen-bond acceptors (Lipinski definition) is 4. The lowest BCUT2D eigenvalue weighted by Crippen LogP contribution is -2.23. The van der Waals surface area contributed by atoms with E-state index < -0.39 is 12.3 Å². The van der Waals surface area contributed by atoms with Crippen LogP contribution < -0.4 is 5.32 Å². The Labute approximate surface area is 123 Å². The topological polar surface area (TPSA) is 47.6 Å². The average Bonchev–Trinajstić information content (AvgIpc) is 2.61. The Morgan fingerprint density at radius 3 is 2.60 bits per heavy atom. The van der Waals surface area contributed by atoms with Gasteiger partial charge in [0.05, 0.1) is 6.10 Å². The Kier molecular flexibility index (Phi) is 4.35. The van der Waals surface area contributed by atoms with E-state index >= 15 is 0 Å². The number of carbonyl (C=O) groups is 1. The van der Waals surface area contributed by atoms with Gasteiger partial charge in [-0.2, -0.15) is 0 Å². The molecular formula is C15H18ClNO3. The van der Waals surface area contributed by atoms with Gasteiger partial charge < -0.3 is 14.8 Å². The number of aryl methyl sites for hydroxylation is 2. The van der Waals surface area contributed by atoms with Gasteiger partial charge in [-0.25, -0.2) is 4.79 Å². The van der Waals surface area contributed by atoms with Crippen LogP contribution in [0.1, 0.15) is 25.0 Å². The molecule has 0 amide bonds. The van der Waals surface area contributed by atoms with E-state index in [-0.39, 0.29) is 11.1 Å². The summed E-state index contributed by atoms with van der Waals surface area (Å²) in [5.41, 5.74) is 3.65. The zero-order valence-corrected chi connectivity index (χ0v) is 12.7. The zero-order valence-electron chi connectivity index (χ0n) is 12.0. The lowest BCUT2D eigenvalue weighted by Gasteiger charge is -2.18. The summed E-state index contributed by atoms with van der Waals surface area (Å²) in [4.78, 5) is 11.6. The van der Waals surface area contributed by atoms with Gasteiger partial charge in [0.15, 0.2) is 5.03 Å². The van der Waals surface area contributed by atoms with Crippen molar-refractivity contribution < 1.29 is 14.3 Å². The number of cyclic esters (lactones) is 1. The first kappa shape index (κ1) is 14.9. The molecule has 1 heterocycles. The number of carbonyl (C=O) groups excluding carboxylic acids is 1. The molecule has 0 bridgehead atoms. The number of nitrogens with one attached hydrogen (secondary N) is 1. The van der Waals surface area contributed by atoms with Crippen molar-refractivity contribution in [3.63, 3.8) is 0 Å². The van der Waals surface area contributed by atoms with Crippen molar-refractivity contribution in [1.29, 1.82) is 0 Å². The molecule has 0 unspecified atom stereocenters. The Bertz CT molecular complexity index is 566. The third-order valence-electron chi connectivity index (χ3n) is 3.05. The summed E-state index contributed by atoms with van der Waals surface area (Å²) in [5, 5.41) is 3.16. The van der Waals surface area contributed by atoms with Gasteiger partial charge in [0, 0.05) is 5.69 Å². The lowest BCUT2D eigenvalue weighted by molar-refractivity contribution is -0.165. The van der Waals surface area contributed by atoms with E-state index in [0.717, 1.165) is 11.3 Å². The summed E-state index contributed by atoms with van der Waals surface area (Å²) in [7, 11) is 0. The van der Waals surface area contributed by atoms with Crippen molar-refractivity contribution in [3.8, 4) is 0 Å². The molecule has 1 aromatic rings. The molecule has 1 aromatic carbocycles. The molecule has 0 radical (unpaired) electrons. The number of esters is 1. The smallest absolute Gasteiger partial charge is 0.354 e. The lowest BCUT2D eigenvalue weighted by atomic mass is 10.1. The molecule has 0 spiro atoms. The van der Waals surface area contributed by atoms with E-state index in [1.807, 2.05) is 45.9 Å².